The van der Waals surface area contributed by atoms with E-state index >= 15 is 0 Å². The van der Waals surface area contributed by atoms with E-state index in [9.17, 15) is 9.59 Å². The number of rotatable bonds is 5. The molecule has 0 saturated heterocycles. The second-order valence-electron chi connectivity index (χ2n) is 7.88. The minimum absolute atomic E-state index is 0.224. The standard InChI is InChI=1S/C27H20ClN5O2/c28-23-21(32-27(35)17-4-2-1-3-5-17)14-15-22-24(23)33-25(31-22)16-8-12-20(13-9-16)30-26(34)18-6-10-19(29)11-7-18/h1-15H,29H2,(H,30,34)(H,31,33)(H,32,35). The van der Waals surface area contributed by atoms with Gasteiger partial charge in [-0.3, -0.25) is 9.59 Å². The number of halogens is 1. The van der Waals surface area contributed by atoms with Crippen LogP contribution in [0.25, 0.3) is 22.4 Å². The highest BCUT2D eigenvalue weighted by molar-refractivity contribution is 6.38. The Hall–Kier alpha value is -4.62. The number of aromatic amines is 1. The molecule has 1 heterocycles. The number of nitrogens with one attached hydrogen (secondary N) is 3. The Kier molecular flexibility index (Phi) is 5.91. The molecule has 5 N–H and O–H groups in total. The lowest BCUT2D eigenvalue weighted by Crippen LogP contribution is -2.11. The van der Waals surface area contributed by atoms with E-state index in [1.54, 1.807) is 72.8 Å². The van der Waals surface area contributed by atoms with Crippen LogP contribution in [0.3, 0.4) is 0 Å². The lowest BCUT2D eigenvalue weighted by molar-refractivity contribution is 0.101. The van der Waals surface area contributed by atoms with Gasteiger partial charge in [0.1, 0.15) is 5.82 Å². The average molecular weight is 482 g/mol. The van der Waals surface area contributed by atoms with E-state index < -0.39 is 0 Å². The Bertz CT molecular complexity index is 1530. The molecule has 5 aromatic rings. The molecule has 0 aliphatic rings. The van der Waals surface area contributed by atoms with Gasteiger partial charge >= 0.3 is 0 Å². The van der Waals surface area contributed by atoms with Crippen LogP contribution in [-0.4, -0.2) is 21.8 Å². The van der Waals surface area contributed by atoms with Gasteiger partial charge in [0.2, 0.25) is 0 Å². The minimum Gasteiger partial charge on any atom is -0.399 e. The maximum Gasteiger partial charge on any atom is 0.255 e. The molecule has 35 heavy (non-hydrogen) atoms. The van der Waals surface area contributed by atoms with Crippen LogP contribution in [0.2, 0.25) is 5.02 Å². The number of carbonyl (C=O) groups excluding carboxylic acids is 2. The Morgan fingerprint density at radius 3 is 2.14 bits per heavy atom. The van der Waals surface area contributed by atoms with E-state index in [4.69, 9.17) is 17.3 Å². The maximum atomic E-state index is 12.5. The molecule has 0 atom stereocenters. The van der Waals surface area contributed by atoms with Gasteiger partial charge in [0, 0.05) is 28.1 Å². The molecule has 0 bridgehead atoms. The molecule has 0 spiro atoms. The molecule has 0 aliphatic heterocycles. The number of nitrogens with zero attached hydrogens (tertiary/aromatic N) is 1. The Morgan fingerprint density at radius 1 is 0.771 bits per heavy atom. The molecule has 172 valence electrons. The van der Waals surface area contributed by atoms with Crippen LogP contribution in [0.5, 0.6) is 0 Å². The lowest BCUT2D eigenvalue weighted by atomic mass is 10.1. The summed E-state index contributed by atoms with van der Waals surface area (Å²) in [5.74, 6) is 0.145. The smallest absolute Gasteiger partial charge is 0.255 e. The third-order valence-electron chi connectivity index (χ3n) is 5.47. The van der Waals surface area contributed by atoms with Gasteiger partial charge in [-0.05, 0) is 72.8 Å². The van der Waals surface area contributed by atoms with Gasteiger partial charge in [0.25, 0.3) is 11.8 Å². The predicted molar refractivity (Wildman–Crippen MR) is 140 cm³/mol. The summed E-state index contributed by atoms with van der Waals surface area (Å²) in [5.41, 5.74) is 10.6. The highest BCUT2D eigenvalue weighted by Crippen LogP contribution is 2.32. The van der Waals surface area contributed by atoms with Gasteiger partial charge in [0.05, 0.1) is 21.7 Å². The van der Waals surface area contributed by atoms with E-state index in [1.165, 1.54) is 0 Å². The van der Waals surface area contributed by atoms with Crippen molar-refractivity contribution in [2.45, 2.75) is 0 Å². The summed E-state index contributed by atoms with van der Waals surface area (Å²) >= 11 is 6.58. The Morgan fingerprint density at radius 2 is 1.43 bits per heavy atom. The molecular weight excluding hydrogens is 462 g/mol. The number of aromatic nitrogens is 2. The fourth-order valence-corrected chi connectivity index (χ4v) is 3.87. The Labute approximate surface area is 206 Å². The van der Waals surface area contributed by atoms with E-state index in [0.717, 1.165) is 5.56 Å². The Balaban J connectivity index is 1.34. The number of imidazole rings is 1. The SMILES string of the molecule is Nc1ccc(C(=O)Nc2ccc(-c3nc4ccc(NC(=O)c5ccccc5)c(Cl)c4[nH]3)cc2)cc1. The zero-order valence-corrected chi connectivity index (χ0v) is 19.1. The summed E-state index contributed by atoms with van der Waals surface area (Å²) in [6.45, 7) is 0. The van der Waals surface area contributed by atoms with Crippen molar-refractivity contribution in [1.29, 1.82) is 0 Å². The van der Waals surface area contributed by atoms with Gasteiger partial charge in [-0.1, -0.05) is 29.8 Å². The number of anilines is 3. The second-order valence-corrected chi connectivity index (χ2v) is 8.26. The van der Waals surface area contributed by atoms with Crippen molar-refractivity contribution in [3.63, 3.8) is 0 Å². The van der Waals surface area contributed by atoms with E-state index in [0.29, 0.717) is 50.1 Å². The van der Waals surface area contributed by atoms with E-state index in [-0.39, 0.29) is 11.8 Å². The zero-order chi connectivity index (χ0) is 24.4. The van der Waals surface area contributed by atoms with E-state index in [1.807, 2.05) is 18.2 Å². The van der Waals surface area contributed by atoms with Gasteiger partial charge < -0.3 is 21.4 Å². The summed E-state index contributed by atoms with van der Waals surface area (Å²) in [7, 11) is 0. The molecule has 0 aliphatic carbocycles. The second kappa shape index (κ2) is 9.32. The van der Waals surface area contributed by atoms with Crippen LogP contribution in [0.1, 0.15) is 20.7 Å². The van der Waals surface area contributed by atoms with Crippen molar-refractivity contribution in [1.82, 2.24) is 9.97 Å². The molecule has 0 saturated carbocycles. The number of amides is 2. The fourth-order valence-electron chi connectivity index (χ4n) is 3.61. The summed E-state index contributed by atoms with van der Waals surface area (Å²) < 4.78 is 0. The summed E-state index contributed by atoms with van der Waals surface area (Å²) in [4.78, 5) is 32.8. The lowest BCUT2D eigenvalue weighted by Gasteiger charge is -2.07. The zero-order valence-electron chi connectivity index (χ0n) is 18.4. The number of hydrogen-bond acceptors (Lipinski definition) is 4. The molecule has 7 nitrogen and oxygen atoms in total. The minimum atomic E-state index is -0.247. The number of benzene rings is 4. The maximum absolute atomic E-state index is 12.5. The summed E-state index contributed by atoms with van der Waals surface area (Å²) in [5, 5.41) is 6.08. The summed E-state index contributed by atoms with van der Waals surface area (Å²) in [6.07, 6.45) is 0. The number of carbonyl (C=O) groups is 2. The summed E-state index contributed by atoms with van der Waals surface area (Å²) in [6, 6.07) is 26.5. The van der Waals surface area contributed by atoms with Crippen molar-refractivity contribution in [2.24, 2.45) is 0 Å². The number of H-pyrrole nitrogens is 1. The van der Waals surface area contributed by atoms with Crippen LogP contribution < -0.4 is 16.4 Å². The highest BCUT2D eigenvalue weighted by Gasteiger charge is 2.14. The molecule has 0 radical (unpaired) electrons. The van der Waals surface area contributed by atoms with Crippen molar-refractivity contribution in [3.8, 4) is 11.4 Å². The van der Waals surface area contributed by atoms with Gasteiger partial charge in [-0.15, -0.1) is 0 Å². The first-order valence-corrected chi connectivity index (χ1v) is 11.2. The molecule has 1 aromatic heterocycles. The normalized spacial score (nSPS) is 10.8. The molecule has 0 unspecified atom stereocenters. The van der Waals surface area contributed by atoms with Crippen LogP contribution in [0.15, 0.2) is 91.0 Å². The first-order chi connectivity index (χ1) is 17.0. The quantitative estimate of drug-likeness (QED) is 0.231. The van der Waals surface area contributed by atoms with Crippen LogP contribution in [0, 0.1) is 0 Å². The molecule has 0 fully saturated rings. The third kappa shape index (κ3) is 4.71. The largest absolute Gasteiger partial charge is 0.399 e. The molecule has 5 rings (SSSR count). The van der Waals surface area contributed by atoms with E-state index in [2.05, 4.69) is 20.6 Å². The number of nitrogens with two attached hydrogens (primary N) is 1. The van der Waals surface area contributed by atoms with Crippen molar-refractivity contribution in [3.05, 3.63) is 107 Å². The predicted octanol–water partition coefficient (Wildman–Crippen LogP) is 5.97. The molecule has 8 heteroatoms. The van der Waals surface area contributed by atoms with Gasteiger partial charge in [-0.25, -0.2) is 4.98 Å². The monoisotopic (exact) mass is 481 g/mol. The fraction of sp³-hybridized carbons (Fsp3) is 0. The molecular formula is C27H20ClN5O2. The van der Waals surface area contributed by atoms with Crippen LogP contribution >= 0.6 is 11.6 Å². The highest BCUT2D eigenvalue weighted by atomic mass is 35.5. The number of fused-ring (bicyclic) bond motifs is 1. The molecule has 4 aromatic carbocycles. The van der Waals surface area contributed by atoms with Crippen LogP contribution in [0.4, 0.5) is 17.1 Å². The van der Waals surface area contributed by atoms with Gasteiger partial charge in [-0.2, -0.15) is 0 Å². The number of hydrogen-bond donors (Lipinski definition) is 4. The third-order valence-corrected chi connectivity index (χ3v) is 5.86. The van der Waals surface area contributed by atoms with Crippen molar-refractivity contribution >= 4 is 51.5 Å². The van der Waals surface area contributed by atoms with Crippen LogP contribution in [-0.2, 0) is 0 Å². The van der Waals surface area contributed by atoms with Gasteiger partial charge in [0.15, 0.2) is 0 Å². The average Bonchev–Trinajstić information content (AvgIpc) is 3.32. The first-order valence-electron chi connectivity index (χ1n) is 10.8. The van der Waals surface area contributed by atoms with Crippen molar-refractivity contribution in [2.75, 3.05) is 16.4 Å². The van der Waals surface area contributed by atoms with Crippen molar-refractivity contribution < 1.29 is 9.59 Å². The first kappa shape index (κ1) is 22.2. The number of nitrogen functional groups attached to an aromatic ring is 1. The topological polar surface area (TPSA) is 113 Å². The molecule has 2 amide bonds.